The van der Waals surface area contributed by atoms with Gasteiger partial charge in [0.2, 0.25) is 0 Å². The molecular weight excluding hydrogens is 140 g/mol. The van der Waals surface area contributed by atoms with Gasteiger partial charge in [0.05, 0.1) is 11.7 Å². The normalized spacial score (nSPS) is 20.5. The molecule has 11 heavy (non-hydrogen) atoms. The van der Waals surface area contributed by atoms with Crippen LogP contribution in [-0.4, -0.2) is 21.9 Å². The van der Waals surface area contributed by atoms with Crippen molar-refractivity contribution in [3.05, 3.63) is 0 Å². The van der Waals surface area contributed by atoms with Gasteiger partial charge in [-0.2, -0.15) is 0 Å². The molecule has 0 aromatic rings. The van der Waals surface area contributed by atoms with E-state index in [1.165, 1.54) is 0 Å². The van der Waals surface area contributed by atoms with Crippen molar-refractivity contribution in [1.29, 1.82) is 0 Å². The summed E-state index contributed by atoms with van der Waals surface area (Å²) in [6.45, 7) is 9.31. The number of hydrogen-bond acceptors (Lipinski definition) is 2. The van der Waals surface area contributed by atoms with Gasteiger partial charge in [0.25, 0.3) is 0 Å². The van der Waals surface area contributed by atoms with E-state index in [0.717, 1.165) is 0 Å². The van der Waals surface area contributed by atoms with Gasteiger partial charge in [0.15, 0.2) is 0 Å². The van der Waals surface area contributed by atoms with Crippen molar-refractivity contribution in [3.63, 3.8) is 0 Å². The average Bonchev–Trinajstić information content (AvgIpc) is 1.85. The quantitative estimate of drug-likeness (QED) is 0.655. The van der Waals surface area contributed by atoms with E-state index in [9.17, 15) is 10.2 Å². The van der Waals surface area contributed by atoms with E-state index in [1.54, 1.807) is 6.92 Å². The van der Waals surface area contributed by atoms with Gasteiger partial charge in [-0.3, -0.25) is 0 Å². The van der Waals surface area contributed by atoms with E-state index < -0.39 is 11.7 Å². The van der Waals surface area contributed by atoms with Crippen LogP contribution in [0.4, 0.5) is 0 Å². The summed E-state index contributed by atoms with van der Waals surface area (Å²) in [7, 11) is 0. The Balaban J connectivity index is 4.29. The van der Waals surface area contributed by atoms with Gasteiger partial charge in [-0.15, -0.1) is 0 Å². The van der Waals surface area contributed by atoms with Crippen LogP contribution in [0.1, 0.15) is 34.6 Å². The molecule has 2 N–H and O–H groups in total. The van der Waals surface area contributed by atoms with E-state index in [2.05, 4.69) is 0 Å². The Hall–Kier alpha value is -0.0800. The lowest BCUT2D eigenvalue weighted by Crippen LogP contribution is -2.46. The zero-order chi connectivity index (χ0) is 9.23. The zero-order valence-electron chi connectivity index (χ0n) is 8.13. The molecule has 0 bridgehead atoms. The molecule has 2 nitrogen and oxygen atoms in total. The highest BCUT2D eigenvalue weighted by Gasteiger charge is 2.35. The zero-order valence-corrected chi connectivity index (χ0v) is 8.13. The second-order valence-electron chi connectivity index (χ2n) is 4.07. The minimum Gasteiger partial charge on any atom is -0.390 e. The second kappa shape index (κ2) is 3.55. The smallest absolute Gasteiger partial charge is 0.0902 e. The lowest BCUT2D eigenvalue weighted by molar-refractivity contribution is -0.110. The van der Waals surface area contributed by atoms with E-state index in [4.69, 9.17) is 0 Å². The van der Waals surface area contributed by atoms with Crippen LogP contribution in [0.3, 0.4) is 0 Å². The van der Waals surface area contributed by atoms with E-state index in [-0.39, 0.29) is 11.8 Å². The predicted octanol–water partition coefficient (Wildman–Crippen LogP) is 1.41. The average molecular weight is 160 g/mol. The SMILES string of the molecule is CC(C)C(O)C(C)(O)C(C)C. The van der Waals surface area contributed by atoms with Gasteiger partial charge in [-0.25, -0.2) is 0 Å². The third-order valence-corrected chi connectivity index (χ3v) is 2.40. The first-order valence-electron chi connectivity index (χ1n) is 4.20. The molecule has 2 atom stereocenters. The van der Waals surface area contributed by atoms with Gasteiger partial charge >= 0.3 is 0 Å². The van der Waals surface area contributed by atoms with Crippen molar-refractivity contribution >= 4 is 0 Å². The molecular formula is C9H20O2. The summed E-state index contributed by atoms with van der Waals surface area (Å²) in [5, 5.41) is 19.4. The molecule has 0 radical (unpaired) electrons. The Bertz CT molecular complexity index is 117. The first-order chi connectivity index (χ1) is 4.80. The Morgan fingerprint density at radius 1 is 1.09 bits per heavy atom. The van der Waals surface area contributed by atoms with Crippen molar-refractivity contribution in [2.75, 3.05) is 0 Å². The molecule has 0 aromatic heterocycles. The monoisotopic (exact) mass is 160 g/mol. The summed E-state index contributed by atoms with van der Waals surface area (Å²) >= 11 is 0. The highest BCUT2D eigenvalue weighted by atomic mass is 16.3. The highest BCUT2D eigenvalue weighted by Crippen LogP contribution is 2.24. The van der Waals surface area contributed by atoms with E-state index in [1.807, 2.05) is 27.7 Å². The molecule has 0 amide bonds. The van der Waals surface area contributed by atoms with Crippen LogP contribution < -0.4 is 0 Å². The molecule has 0 rings (SSSR count). The molecule has 0 spiro atoms. The maximum absolute atomic E-state index is 9.78. The minimum atomic E-state index is -0.964. The van der Waals surface area contributed by atoms with Crippen molar-refractivity contribution in [3.8, 4) is 0 Å². The van der Waals surface area contributed by atoms with Gasteiger partial charge in [-0.05, 0) is 18.8 Å². The summed E-state index contributed by atoms with van der Waals surface area (Å²) in [5.74, 6) is 0.187. The maximum atomic E-state index is 9.78. The fourth-order valence-corrected chi connectivity index (χ4v) is 1.02. The van der Waals surface area contributed by atoms with Crippen LogP contribution in [0.5, 0.6) is 0 Å². The van der Waals surface area contributed by atoms with Crippen molar-refractivity contribution < 1.29 is 10.2 Å². The largest absolute Gasteiger partial charge is 0.390 e. The van der Waals surface area contributed by atoms with Crippen LogP contribution in [-0.2, 0) is 0 Å². The highest BCUT2D eigenvalue weighted by molar-refractivity contribution is 4.86. The summed E-state index contributed by atoms with van der Waals surface area (Å²) in [6.07, 6.45) is -0.637. The summed E-state index contributed by atoms with van der Waals surface area (Å²) < 4.78 is 0. The number of aliphatic hydroxyl groups is 2. The van der Waals surface area contributed by atoms with Crippen molar-refractivity contribution in [2.45, 2.75) is 46.3 Å². The molecule has 0 heterocycles. The first-order valence-corrected chi connectivity index (χ1v) is 4.20. The number of aliphatic hydroxyl groups excluding tert-OH is 1. The van der Waals surface area contributed by atoms with Crippen LogP contribution >= 0.6 is 0 Å². The van der Waals surface area contributed by atoms with Crippen LogP contribution in [0, 0.1) is 11.8 Å². The second-order valence-corrected chi connectivity index (χ2v) is 4.07. The van der Waals surface area contributed by atoms with Crippen molar-refractivity contribution in [1.82, 2.24) is 0 Å². The molecule has 0 aliphatic heterocycles. The Labute approximate surface area is 69.2 Å². The fraction of sp³-hybridized carbons (Fsp3) is 1.00. The standard InChI is InChI=1S/C9H20O2/c1-6(2)8(10)9(5,11)7(3)4/h6-8,10-11H,1-5H3. The topological polar surface area (TPSA) is 40.5 Å². The molecule has 0 aromatic carbocycles. The molecule has 0 saturated heterocycles. The Kier molecular flexibility index (Phi) is 3.52. The summed E-state index contributed by atoms with van der Waals surface area (Å²) in [5.41, 5.74) is -0.964. The van der Waals surface area contributed by atoms with Crippen LogP contribution in [0.15, 0.2) is 0 Å². The summed E-state index contributed by atoms with van der Waals surface area (Å²) in [4.78, 5) is 0. The van der Waals surface area contributed by atoms with Gasteiger partial charge in [-0.1, -0.05) is 27.7 Å². The van der Waals surface area contributed by atoms with Crippen LogP contribution in [0.25, 0.3) is 0 Å². The van der Waals surface area contributed by atoms with Gasteiger partial charge in [0.1, 0.15) is 0 Å². The molecule has 2 unspecified atom stereocenters. The molecule has 0 aliphatic carbocycles. The van der Waals surface area contributed by atoms with Gasteiger partial charge < -0.3 is 10.2 Å². The molecule has 0 aliphatic rings. The predicted molar refractivity (Wildman–Crippen MR) is 46.3 cm³/mol. The molecule has 68 valence electrons. The fourth-order valence-electron chi connectivity index (χ4n) is 1.02. The molecule has 0 saturated carbocycles. The van der Waals surface area contributed by atoms with Crippen molar-refractivity contribution in [2.24, 2.45) is 11.8 Å². The molecule has 2 heteroatoms. The number of rotatable bonds is 3. The van der Waals surface area contributed by atoms with Crippen LogP contribution in [0.2, 0.25) is 0 Å². The first kappa shape index (κ1) is 10.9. The maximum Gasteiger partial charge on any atom is 0.0902 e. The third-order valence-electron chi connectivity index (χ3n) is 2.40. The Morgan fingerprint density at radius 2 is 1.45 bits per heavy atom. The van der Waals surface area contributed by atoms with E-state index in [0.29, 0.717) is 0 Å². The Morgan fingerprint density at radius 3 is 1.55 bits per heavy atom. The van der Waals surface area contributed by atoms with Gasteiger partial charge in [0, 0.05) is 0 Å². The summed E-state index contributed by atoms with van der Waals surface area (Å²) in [6, 6.07) is 0. The lowest BCUT2D eigenvalue weighted by atomic mass is 9.82. The third kappa shape index (κ3) is 2.46. The van der Waals surface area contributed by atoms with E-state index >= 15 is 0 Å². The lowest BCUT2D eigenvalue weighted by Gasteiger charge is -2.35. The number of hydrogen-bond donors (Lipinski definition) is 2. The minimum absolute atomic E-state index is 0.0832. The molecule has 0 fully saturated rings.